The standard InChI is InChI=1S/C23H27N3O/c1-23(2,3)18-11-9-16(10-12-18)14-26-20-8-6-5-7-19(20)24-22(26)17-13-21(27)25(4)15-17/h5-12,17H,13-15H2,1-4H3. The van der Waals surface area contributed by atoms with Gasteiger partial charge >= 0.3 is 0 Å². The number of rotatable bonds is 3. The van der Waals surface area contributed by atoms with Crippen LogP contribution < -0.4 is 0 Å². The first-order chi connectivity index (χ1) is 12.8. The van der Waals surface area contributed by atoms with Gasteiger partial charge in [-0.15, -0.1) is 0 Å². The largest absolute Gasteiger partial charge is 0.345 e. The maximum Gasteiger partial charge on any atom is 0.223 e. The molecule has 4 heteroatoms. The second kappa shape index (κ2) is 6.52. The van der Waals surface area contributed by atoms with Crippen molar-refractivity contribution in [3.63, 3.8) is 0 Å². The van der Waals surface area contributed by atoms with Gasteiger partial charge in [0.2, 0.25) is 5.91 Å². The Morgan fingerprint density at radius 2 is 1.78 bits per heavy atom. The van der Waals surface area contributed by atoms with Gasteiger partial charge in [-0.1, -0.05) is 57.2 Å². The molecule has 0 aliphatic carbocycles. The zero-order chi connectivity index (χ0) is 19.2. The van der Waals surface area contributed by atoms with E-state index in [1.165, 1.54) is 11.1 Å². The van der Waals surface area contributed by atoms with Crippen molar-refractivity contribution in [2.24, 2.45) is 0 Å². The van der Waals surface area contributed by atoms with Crippen molar-refractivity contribution in [2.45, 2.75) is 45.1 Å². The van der Waals surface area contributed by atoms with Crippen LogP contribution in [0.1, 0.15) is 50.1 Å². The number of hydrogen-bond acceptors (Lipinski definition) is 2. The second-order valence-corrected chi connectivity index (χ2v) is 8.67. The molecule has 0 spiro atoms. The van der Waals surface area contributed by atoms with Crippen molar-refractivity contribution < 1.29 is 4.79 Å². The van der Waals surface area contributed by atoms with Gasteiger partial charge in [0.25, 0.3) is 0 Å². The molecule has 1 amide bonds. The minimum Gasteiger partial charge on any atom is -0.345 e. The minimum atomic E-state index is 0.153. The topological polar surface area (TPSA) is 38.1 Å². The van der Waals surface area contributed by atoms with Crippen molar-refractivity contribution in [2.75, 3.05) is 13.6 Å². The maximum atomic E-state index is 12.1. The summed E-state index contributed by atoms with van der Waals surface area (Å²) in [7, 11) is 1.88. The fourth-order valence-corrected chi connectivity index (χ4v) is 3.90. The summed E-state index contributed by atoms with van der Waals surface area (Å²) in [6, 6.07) is 17.1. The van der Waals surface area contributed by atoms with Crippen LogP contribution >= 0.6 is 0 Å². The Bertz CT molecular complexity index is 979. The van der Waals surface area contributed by atoms with E-state index in [9.17, 15) is 4.79 Å². The lowest BCUT2D eigenvalue weighted by Crippen LogP contribution is -2.19. The van der Waals surface area contributed by atoms with E-state index in [2.05, 4.69) is 67.8 Å². The second-order valence-electron chi connectivity index (χ2n) is 8.67. The molecule has 2 heterocycles. The quantitative estimate of drug-likeness (QED) is 0.696. The summed E-state index contributed by atoms with van der Waals surface area (Å²) in [5.74, 6) is 1.38. The van der Waals surface area contributed by atoms with Crippen molar-refractivity contribution in [1.82, 2.24) is 14.5 Å². The first-order valence-corrected chi connectivity index (χ1v) is 9.61. The number of amides is 1. The number of nitrogens with zero attached hydrogens (tertiary/aromatic N) is 3. The van der Waals surface area contributed by atoms with E-state index in [1.807, 2.05) is 18.0 Å². The summed E-state index contributed by atoms with van der Waals surface area (Å²) in [6.07, 6.45) is 0.544. The SMILES string of the molecule is CN1CC(c2nc3ccccc3n2Cc2ccc(C(C)(C)C)cc2)CC1=O. The summed E-state index contributed by atoms with van der Waals surface area (Å²) < 4.78 is 2.29. The van der Waals surface area contributed by atoms with E-state index < -0.39 is 0 Å². The molecule has 1 aromatic heterocycles. The number of aromatic nitrogens is 2. The lowest BCUT2D eigenvalue weighted by Gasteiger charge is -2.19. The van der Waals surface area contributed by atoms with Crippen molar-refractivity contribution in [3.05, 3.63) is 65.5 Å². The average molecular weight is 361 g/mol. The molecule has 1 saturated heterocycles. The van der Waals surface area contributed by atoms with Crippen LogP contribution in [0.5, 0.6) is 0 Å². The number of hydrogen-bond donors (Lipinski definition) is 0. The van der Waals surface area contributed by atoms with Crippen molar-refractivity contribution in [1.29, 1.82) is 0 Å². The van der Waals surface area contributed by atoms with Gasteiger partial charge in [-0.25, -0.2) is 4.98 Å². The fourth-order valence-electron chi connectivity index (χ4n) is 3.90. The Morgan fingerprint density at radius 1 is 1.07 bits per heavy atom. The number of likely N-dealkylation sites (N-methyl/N-ethyl adjacent to an activating group) is 1. The molecule has 1 aliphatic rings. The average Bonchev–Trinajstić information content (AvgIpc) is 3.15. The molecule has 27 heavy (non-hydrogen) atoms. The summed E-state index contributed by atoms with van der Waals surface area (Å²) in [5.41, 5.74) is 4.88. The Kier molecular flexibility index (Phi) is 4.29. The Balaban J connectivity index is 1.72. The zero-order valence-electron chi connectivity index (χ0n) is 16.6. The number of carbonyl (C=O) groups is 1. The molecule has 4 nitrogen and oxygen atoms in total. The van der Waals surface area contributed by atoms with Gasteiger partial charge in [0.1, 0.15) is 5.82 Å². The van der Waals surface area contributed by atoms with Crippen molar-refractivity contribution >= 4 is 16.9 Å². The summed E-state index contributed by atoms with van der Waals surface area (Å²) >= 11 is 0. The number of likely N-dealkylation sites (tertiary alicyclic amines) is 1. The van der Waals surface area contributed by atoms with Crippen LogP contribution in [0.25, 0.3) is 11.0 Å². The highest BCUT2D eigenvalue weighted by atomic mass is 16.2. The van der Waals surface area contributed by atoms with Gasteiger partial charge in [0, 0.05) is 32.5 Å². The molecule has 1 atom stereocenters. The molecule has 0 saturated carbocycles. The summed E-state index contributed by atoms with van der Waals surface area (Å²) in [6.45, 7) is 8.21. The number of fused-ring (bicyclic) bond motifs is 1. The molecule has 2 aromatic carbocycles. The molecule has 4 rings (SSSR count). The molecular formula is C23H27N3O. The van der Waals surface area contributed by atoms with Crippen LogP contribution in [0, 0.1) is 0 Å². The Labute approximate surface area is 160 Å². The number of carbonyl (C=O) groups excluding carboxylic acids is 1. The third kappa shape index (κ3) is 3.36. The van der Waals surface area contributed by atoms with Gasteiger partial charge < -0.3 is 9.47 Å². The van der Waals surface area contributed by atoms with E-state index in [4.69, 9.17) is 4.98 Å². The molecule has 0 N–H and O–H groups in total. The van der Waals surface area contributed by atoms with Crippen LogP contribution in [0.15, 0.2) is 48.5 Å². The van der Waals surface area contributed by atoms with E-state index in [0.717, 1.165) is 29.9 Å². The first-order valence-electron chi connectivity index (χ1n) is 9.61. The van der Waals surface area contributed by atoms with Gasteiger partial charge in [0.15, 0.2) is 0 Å². The Morgan fingerprint density at radius 3 is 2.41 bits per heavy atom. The van der Waals surface area contributed by atoms with Gasteiger partial charge in [0.05, 0.1) is 11.0 Å². The molecule has 1 aliphatic heterocycles. The van der Waals surface area contributed by atoms with E-state index in [-0.39, 0.29) is 17.2 Å². The van der Waals surface area contributed by atoms with Gasteiger partial charge in [-0.3, -0.25) is 4.79 Å². The number of para-hydroxylation sites is 2. The van der Waals surface area contributed by atoms with Crippen LogP contribution in [0.4, 0.5) is 0 Å². The van der Waals surface area contributed by atoms with Crippen LogP contribution in [0.2, 0.25) is 0 Å². The van der Waals surface area contributed by atoms with E-state index >= 15 is 0 Å². The number of benzene rings is 2. The molecule has 140 valence electrons. The molecule has 1 unspecified atom stereocenters. The number of imidazole rings is 1. The highest BCUT2D eigenvalue weighted by Gasteiger charge is 2.31. The van der Waals surface area contributed by atoms with E-state index in [0.29, 0.717) is 6.42 Å². The molecule has 0 bridgehead atoms. The smallest absolute Gasteiger partial charge is 0.223 e. The molecular weight excluding hydrogens is 334 g/mol. The van der Waals surface area contributed by atoms with E-state index in [1.54, 1.807) is 0 Å². The fraction of sp³-hybridized carbons (Fsp3) is 0.391. The minimum absolute atomic E-state index is 0.153. The molecule has 1 fully saturated rings. The van der Waals surface area contributed by atoms with Crippen molar-refractivity contribution in [3.8, 4) is 0 Å². The van der Waals surface area contributed by atoms with Gasteiger partial charge in [-0.05, 0) is 28.7 Å². The molecule has 0 radical (unpaired) electrons. The van der Waals surface area contributed by atoms with Gasteiger partial charge in [-0.2, -0.15) is 0 Å². The Hall–Kier alpha value is -2.62. The molecule has 3 aromatic rings. The predicted molar refractivity (Wildman–Crippen MR) is 109 cm³/mol. The maximum absolute atomic E-state index is 12.1. The van der Waals surface area contributed by atoms with Crippen LogP contribution in [0.3, 0.4) is 0 Å². The highest BCUT2D eigenvalue weighted by molar-refractivity contribution is 5.80. The highest BCUT2D eigenvalue weighted by Crippen LogP contribution is 2.30. The normalized spacial score (nSPS) is 17.9. The zero-order valence-corrected chi connectivity index (χ0v) is 16.6. The third-order valence-electron chi connectivity index (χ3n) is 5.55. The summed E-state index contributed by atoms with van der Waals surface area (Å²) in [4.78, 5) is 18.8. The lowest BCUT2D eigenvalue weighted by atomic mass is 9.87. The lowest BCUT2D eigenvalue weighted by molar-refractivity contribution is -0.126. The first kappa shape index (κ1) is 17.8. The summed E-state index contributed by atoms with van der Waals surface area (Å²) in [5, 5.41) is 0. The predicted octanol–water partition coefficient (Wildman–Crippen LogP) is 4.33. The third-order valence-corrected chi connectivity index (χ3v) is 5.55. The van der Waals surface area contributed by atoms with Crippen LogP contribution in [-0.2, 0) is 16.8 Å². The van der Waals surface area contributed by atoms with Crippen LogP contribution in [-0.4, -0.2) is 34.0 Å². The monoisotopic (exact) mass is 361 g/mol.